The Balaban J connectivity index is 2.00. The van der Waals surface area contributed by atoms with Crippen molar-refractivity contribution >= 4 is 0 Å². The second-order valence-electron chi connectivity index (χ2n) is 4.49. The van der Waals surface area contributed by atoms with Crippen molar-refractivity contribution in [1.29, 1.82) is 0 Å². The molecule has 5 heteroatoms. The Bertz CT molecular complexity index is 317. The maximum Gasteiger partial charge on any atom is 0.108 e. The van der Waals surface area contributed by atoms with Gasteiger partial charge in [0.25, 0.3) is 0 Å². The Kier molecular flexibility index (Phi) is 3.02. The summed E-state index contributed by atoms with van der Waals surface area (Å²) < 4.78 is 1.75. The standard InChI is InChI=1S/C10H18N4O/c11-10(4-2-1-3-5-10)8-14-6-9(7-15)12-13-14/h6,15H,1-5,7-8,11H2. The van der Waals surface area contributed by atoms with Crippen molar-refractivity contribution in [2.24, 2.45) is 5.73 Å². The largest absolute Gasteiger partial charge is 0.390 e. The van der Waals surface area contributed by atoms with E-state index in [1.165, 1.54) is 19.3 Å². The van der Waals surface area contributed by atoms with Gasteiger partial charge < -0.3 is 10.8 Å². The molecule has 0 saturated heterocycles. The van der Waals surface area contributed by atoms with Crippen LogP contribution in [0.2, 0.25) is 0 Å². The summed E-state index contributed by atoms with van der Waals surface area (Å²) in [4.78, 5) is 0. The molecule has 0 bridgehead atoms. The van der Waals surface area contributed by atoms with E-state index in [0.717, 1.165) is 12.8 Å². The molecule has 0 aromatic carbocycles. The lowest BCUT2D eigenvalue weighted by molar-refractivity contribution is 0.250. The van der Waals surface area contributed by atoms with Gasteiger partial charge in [0.2, 0.25) is 0 Å². The highest BCUT2D eigenvalue weighted by Crippen LogP contribution is 2.26. The van der Waals surface area contributed by atoms with Gasteiger partial charge in [0.05, 0.1) is 19.3 Å². The smallest absolute Gasteiger partial charge is 0.108 e. The van der Waals surface area contributed by atoms with Crippen molar-refractivity contribution in [3.63, 3.8) is 0 Å². The van der Waals surface area contributed by atoms with E-state index < -0.39 is 0 Å². The van der Waals surface area contributed by atoms with Gasteiger partial charge >= 0.3 is 0 Å². The van der Waals surface area contributed by atoms with E-state index in [9.17, 15) is 0 Å². The molecule has 84 valence electrons. The number of aromatic nitrogens is 3. The van der Waals surface area contributed by atoms with E-state index in [2.05, 4.69) is 10.3 Å². The van der Waals surface area contributed by atoms with Crippen molar-refractivity contribution in [2.75, 3.05) is 0 Å². The van der Waals surface area contributed by atoms with Crippen LogP contribution in [0.15, 0.2) is 6.20 Å². The molecule has 2 rings (SSSR count). The Morgan fingerprint density at radius 3 is 2.73 bits per heavy atom. The highest BCUT2D eigenvalue weighted by molar-refractivity contribution is 4.93. The summed E-state index contributed by atoms with van der Waals surface area (Å²) in [6.45, 7) is 0.650. The molecule has 3 N–H and O–H groups in total. The summed E-state index contributed by atoms with van der Waals surface area (Å²) in [7, 11) is 0. The summed E-state index contributed by atoms with van der Waals surface area (Å²) >= 11 is 0. The van der Waals surface area contributed by atoms with Gasteiger partial charge in [0.1, 0.15) is 5.69 Å². The average Bonchev–Trinajstić information content (AvgIpc) is 2.66. The summed E-state index contributed by atoms with van der Waals surface area (Å²) in [5.41, 5.74) is 6.77. The highest BCUT2D eigenvalue weighted by atomic mass is 16.3. The number of nitrogens with two attached hydrogens (primary N) is 1. The summed E-state index contributed by atoms with van der Waals surface area (Å²) in [5.74, 6) is 0. The van der Waals surface area contributed by atoms with E-state index in [-0.39, 0.29) is 12.1 Å². The SMILES string of the molecule is NC1(Cn2cc(CO)nn2)CCCCC1. The first kappa shape index (κ1) is 10.6. The minimum absolute atomic E-state index is 0.0580. The van der Waals surface area contributed by atoms with Gasteiger partial charge in [-0.1, -0.05) is 24.5 Å². The van der Waals surface area contributed by atoms with Crippen molar-refractivity contribution < 1.29 is 5.11 Å². The lowest BCUT2D eigenvalue weighted by atomic mass is 9.82. The van der Waals surface area contributed by atoms with Crippen LogP contribution in [-0.4, -0.2) is 25.6 Å². The third kappa shape index (κ3) is 2.54. The number of rotatable bonds is 3. The topological polar surface area (TPSA) is 77.0 Å². The molecule has 1 fully saturated rings. The van der Waals surface area contributed by atoms with Crippen LogP contribution in [0, 0.1) is 0 Å². The Labute approximate surface area is 89.3 Å². The van der Waals surface area contributed by atoms with Gasteiger partial charge in [-0.25, -0.2) is 0 Å². The van der Waals surface area contributed by atoms with Crippen molar-refractivity contribution in [3.8, 4) is 0 Å². The quantitative estimate of drug-likeness (QED) is 0.758. The zero-order valence-corrected chi connectivity index (χ0v) is 8.89. The Hall–Kier alpha value is -0.940. The molecule has 1 aromatic rings. The first-order valence-electron chi connectivity index (χ1n) is 5.51. The van der Waals surface area contributed by atoms with Crippen LogP contribution in [0.5, 0.6) is 0 Å². The van der Waals surface area contributed by atoms with Crippen LogP contribution in [0.1, 0.15) is 37.8 Å². The molecule has 0 unspecified atom stereocenters. The minimum atomic E-state index is -0.126. The maximum atomic E-state index is 8.87. The minimum Gasteiger partial charge on any atom is -0.390 e. The molecule has 0 aliphatic heterocycles. The second kappa shape index (κ2) is 4.28. The number of aliphatic hydroxyl groups is 1. The van der Waals surface area contributed by atoms with Gasteiger partial charge in [0, 0.05) is 5.54 Å². The molecule has 1 heterocycles. The molecule has 15 heavy (non-hydrogen) atoms. The molecule has 5 nitrogen and oxygen atoms in total. The Morgan fingerprint density at radius 2 is 2.13 bits per heavy atom. The van der Waals surface area contributed by atoms with Gasteiger partial charge in [-0.2, -0.15) is 0 Å². The van der Waals surface area contributed by atoms with Gasteiger partial charge in [-0.3, -0.25) is 4.68 Å². The highest BCUT2D eigenvalue weighted by Gasteiger charge is 2.28. The first-order valence-corrected chi connectivity index (χ1v) is 5.51. The molecule has 0 amide bonds. The fraction of sp³-hybridized carbons (Fsp3) is 0.800. The summed E-state index contributed by atoms with van der Waals surface area (Å²) in [6.07, 6.45) is 7.58. The van der Waals surface area contributed by atoms with Crippen molar-refractivity contribution in [3.05, 3.63) is 11.9 Å². The number of nitrogens with zero attached hydrogens (tertiary/aromatic N) is 3. The summed E-state index contributed by atoms with van der Waals surface area (Å²) in [5, 5.41) is 16.7. The van der Waals surface area contributed by atoms with E-state index in [4.69, 9.17) is 10.8 Å². The van der Waals surface area contributed by atoms with Crippen LogP contribution in [0.25, 0.3) is 0 Å². The average molecular weight is 210 g/mol. The van der Waals surface area contributed by atoms with Gasteiger partial charge in [0.15, 0.2) is 0 Å². The first-order chi connectivity index (χ1) is 7.22. The predicted octanol–water partition coefficient (Wildman–Crippen LogP) is 0.432. The molecule has 0 spiro atoms. The monoisotopic (exact) mass is 210 g/mol. The zero-order chi connectivity index (χ0) is 10.7. The lowest BCUT2D eigenvalue weighted by Gasteiger charge is -2.32. The van der Waals surface area contributed by atoms with Gasteiger partial charge in [-0.15, -0.1) is 5.10 Å². The molecule has 0 radical (unpaired) electrons. The molecule has 0 atom stereocenters. The lowest BCUT2D eigenvalue weighted by Crippen LogP contribution is -2.45. The van der Waals surface area contributed by atoms with Crippen molar-refractivity contribution in [1.82, 2.24) is 15.0 Å². The van der Waals surface area contributed by atoms with Crippen molar-refractivity contribution in [2.45, 2.75) is 50.8 Å². The number of aliphatic hydroxyl groups excluding tert-OH is 1. The normalized spacial score (nSPS) is 20.4. The molecule has 1 aromatic heterocycles. The van der Waals surface area contributed by atoms with Crippen LogP contribution in [0.4, 0.5) is 0 Å². The molecule has 1 aliphatic carbocycles. The van der Waals surface area contributed by atoms with E-state index >= 15 is 0 Å². The predicted molar refractivity (Wildman–Crippen MR) is 55.9 cm³/mol. The Morgan fingerprint density at radius 1 is 1.40 bits per heavy atom. The molecular weight excluding hydrogens is 192 g/mol. The van der Waals surface area contributed by atoms with Crippen LogP contribution >= 0.6 is 0 Å². The number of hydrogen-bond acceptors (Lipinski definition) is 4. The maximum absolute atomic E-state index is 8.87. The van der Waals surface area contributed by atoms with Crippen LogP contribution < -0.4 is 5.73 Å². The fourth-order valence-corrected chi connectivity index (χ4v) is 2.22. The fourth-order valence-electron chi connectivity index (χ4n) is 2.22. The zero-order valence-electron chi connectivity index (χ0n) is 8.89. The van der Waals surface area contributed by atoms with E-state index in [0.29, 0.717) is 12.2 Å². The second-order valence-corrected chi connectivity index (χ2v) is 4.49. The van der Waals surface area contributed by atoms with E-state index in [1.807, 2.05) is 0 Å². The third-order valence-electron chi connectivity index (χ3n) is 3.07. The third-order valence-corrected chi connectivity index (χ3v) is 3.07. The summed E-state index contributed by atoms with van der Waals surface area (Å²) in [6, 6.07) is 0. The van der Waals surface area contributed by atoms with Crippen LogP contribution in [-0.2, 0) is 13.2 Å². The van der Waals surface area contributed by atoms with Crippen LogP contribution in [0.3, 0.4) is 0 Å². The number of hydrogen-bond donors (Lipinski definition) is 2. The molecule has 1 saturated carbocycles. The molecule has 1 aliphatic rings. The van der Waals surface area contributed by atoms with Gasteiger partial charge in [-0.05, 0) is 12.8 Å². The molecular formula is C10H18N4O. The van der Waals surface area contributed by atoms with E-state index in [1.54, 1.807) is 10.9 Å².